The predicted octanol–water partition coefficient (Wildman–Crippen LogP) is 1.21. The standard InChI is InChI=1S/C18H27N5O5/c1-18(2,28-4)17(25)21-9-7-13-12(11-21)6-5-8-22(13)16(24)15-19-10-14(20(15)3)23(26)27/h10,12-13H,5-9,11H2,1-4H3/t12-,13+/m0/s1. The Bertz CT molecular complexity index is 789. The summed E-state index contributed by atoms with van der Waals surface area (Å²) in [6, 6.07) is 0.00622. The number of likely N-dealkylation sites (tertiary alicyclic amines) is 2. The molecule has 0 aromatic carbocycles. The maximum absolute atomic E-state index is 13.1. The normalized spacial score (nSPS) is 22.7. The molecule has 2 atom stereocenters. The first-order valence-corrected chi connectivity index (χ1v) is 9.49. The summed E-state index contributed by atoms with van der Waals surface area (Å²) in [4.78, 5) is 43.8. The summed E-state index contributed by atoms with van der Waals surface area (Å²) in [5, 5.41) is 11.0. The minimum atomic E-state index is -0.872. The van der Waals surface area contributed by atoms with Gasteiger partial charge in [0, 0.05) is 32.8 Å². The number of ether oxygens (including phenoxy) is 1. The molecule has 0 N–H and O–H groups in total. The van der Waals surface area contributed by atoms with Crippen molar-refractivity contribution in [1.82, 2.24) is 19.4 Å². The summed E-state index contributed by atoms with van der Waals surface area (Å²) < 4.78 is 6.55. The Kier molecular flexibility index (Phi) is 5.42. The van der Waals surface area contributed by atoms with Crippen molar-refractivity contribution in [1.29, 1.82) is 0 Å². The number of hydrogen-bond donors (Lipinski definition) is 0. The van der Waals surface area contributed by atoms with Crippen molar-refractivity contribution >= 4 is 17.6 Å². The fraction of sp³-hybridized carbons (Fsp3) is 0.722. The first-order chi connectivity index (χ1) is 13.2. The Balaban J connectivity index is 1.76. The fourth-order valence-electron chi connectivity index (χ4n) is 4.21. The van der Waals surface area contributed by atoms with E-state index in [-0.39, 0.29) is 35.4 Å². The van der Waals surface area contributed by atoms with Gasteiger partial charge in [-0.1, -0.05) is 0 Å². The summed E-state index contributed by atoms with van der Waals surface area (Å²) >= 11 is 0. The van der Waals surface area contributed by atoms with Crippen LogP contribution in [0.4, 0.5) is 5.82 Å². The highest BCUT2D eigenvalue weighted by Gasteiger charge is 2.43. The highest BCUT2D eigenvalue weighted by molar-refractivity contribution is 5.91. The zero-order chi connectivity index (χ0) is 20.6. The number of methoxy groups -OCH3 is 1. The Labute approximate surface area is 163 Å². The number of nitrogens with zero attached hydrogens (tertiary/aromatic N) is 5. The van der Waals surface area contributed by atoms with E-state index in [9.17, 15) is 19.7 Å². The smallest absolute Gasteiger partial charge is 0.343 e. The van der Waals surface area contributed by atoms with Gasteiger partial charge in [0.05, 0.1) is 7.05 Å². The van der Waals surface area contributed by atoms with E-state index in [0.29, 0.717) is 26.1 Å². The van der Waals surface area contributed by atoms with Gasteiger partial charge < -0.3 is 24.7 Å². The van der Waals surface area contributed by atoms with Crippen molar-refractivity contribution in [2.45, 2.75) is 44.8 Å². The molecule has 1 aromatic heterocycles. The maximum atomic E-state index is 13.1. The second-order valence-corrected chi connectivity index (χ2v) is 7.98. The fourth-order valence-corrected chi connectivity index (χ4v) is 4.21. The lowest BCUT2D eigenvalue weighted by atomic mass is 9.83. The Morgan fingerprint density at radius 3 is 2.64 bits per heavy atom. The van der Waals surface area contributed by atoms with Crippen LogP contribution >= 0.6 is 0 Å². The summed E-state index contributed by atoms with van der Waals surface area (Å²) in [5.74, 6) is -0.289. The Morgan fingerprint density at radius 1 is 1.32 bits per heavy atom. The van der Waals surface area contributed by atoms with Crippen molar-refractivity contribution in [3.05, 3.63) is 22.1 Å². The number of aromatic nitrogens is 2. The second-order valence-electron chi connectivity index (χ2n) is 7.98. The predicted molar refractivity (Wildman–Crippen MR) is 99.7 cm³/mol. The molecule has 28 heavy (non-hydrogen) atoms. The first-order valence-electron chi connectivity index (χ1n) is 9.49. The molecule has 0 aliphatic carbocycles. The van der Waals surface area contributed by atoms with E-state index in [1.807, 2.05) is 4.90 Å². The molecule has 2 fully saturated rings. The van der Waals surface area contributed by atoms with Crippen molar-refractivity contribution in [3.8, 4) is 0 Å². The summed E-state index contributed by atoms with van der Waals surface area (Å²) in [6.45, 7) is 5.24. The number of carbonyl (C=O) groups excluding carboxylic acids is 2. The molecule has 10 nitrogen and oxygen atoms in total. The quantitative estimate of drug-likeness (QED) is 0.561. The Morgan fingerprint density at radius 2 is 2.04 bits per heavy atom. The number of hydrogen-bond acceptors (Lipinski definition) is 6. The number of rotatable bonds is 4. The molecule has 3 heterocycles. The zero-order valence-electron chi connectivity index (χ0n) is 16.8. The molecule has 0 unspecified atom stereocenters. The summed E-state index contributed by atoms with van der Waals surface area (Å²) in [7, 11) is 3.01. The molecular weight excluding hydrogens is 366 g/mol. The third-order valence-electron chi connectivity index (χ3n) is 5.98. The van der Waals surface area contributed by atoms with Crippen LogP contribution in [0.5, 0.6) is 0 Å². The lowest BCUT2D eigenvalue weighted by Crippen LogP contribution is -2.59. The van der Waals surface area contributed by atoms with Crippen LogP contribution in [0, 0.1) is 16.0 Å². The number of imidazole rings is 1. The van der Waals surface area contributed by atoms with Gasteiger partial charge in [-0.25, -0.2) is 9.55 Å². The van der Waals surface area contributed by atoms with Gasteiger partial charge in [0.15, 0.2) is 0 Å². The molecule has 3 rings (SSSR count). The van der Waals surface area contributed by atoms with Crippen LogP contribution in [0.1, 0.15) is 43.7 Å². The van der Waals surface area contributed by atoms with Gasteiger partial charge in [0.25, 0.3) is 11.7 Å². The number of fused-ring (bicyclic) bond motifs is 1. The summed E-state index contributed by atoms with van der Waals surface area (Å²) in [6.07, 6.45) is 3.55. The molecule has 2 saturated heterocycles. The summed E-state index contributed by atoms with van der Waals surface area (Å²) in [5.41, 5.74) is -0.872. The van der Waals surface area contributed by atoms with Crippen LogP contribution in [0.15, 0.2) is 6.20 Å². The molecule has 0 radical (unpaired) electrons. The van der Waals surface area contributed by atoms with Crippen LogP contribution in [0.3, 0.4) is 0 Å². The third kappa shape index (κ3) is 3.48. The highest BCUT2D eigenvalue weighted by Crippen LogP contribution is 2.33. The average Bonchev–Trinajstić information content (AvgIpc) is 3.07. The highest BCUT2D eigenvalue weighted by atomic mass is 16.6. The minimum absolute atomic E-state index is 0.00622. The van der Waals surface area contributed by atoms with Crippen molar-refractivity contribution in [2.24, 2.45) is 13.0 Å². The van der Waals surface area contributed by atoms with E-state index in [4.69, 9.17) is 4.74 Å². The van der Waals surface area contributed by atoms with Gasteiger partial charge in [0.1, 0.15) is 11.8 Å². The topological polar surface area (TPSA) is 111 Å². The van der Waals surface area contributed by atoms with E-state index in [2.05, 4.69) is 4.98 Å². The van der Waals surface area contributed by atoms with Gasteiger partial charge in [-0.15, -0.1) is 0 Å². The molecule has 2 aliphatic rings. The number of nitro groups is 1. The van der Waals surface area contributed by atoms with Crippen LogP contribution in [0.25, 0.3) is 0 Å². The zero-order valence-corrected chi connectivity index (χ0v) is 16.8. The van der Waals surface area contributed by atoms with Crippen molar-refractivity contribution in [2.75, 3.05) is 26.7 Å². The van der Waals surface area contributed by atoms with E-state index >= 15 is 0 Å². The molecule has 154 valence electrons. The molecule has 2 aliphatic heterocycles. The lowest BCUT2D eigenvalue weighted by molar-refractivity contribution is -0.391. The van der Waals surface area contributed by atoms with E-state index in [1.165, 1.54) is 18.7 Å². The lowest BCUT2D eigenvalue weighted by Gasteiger charge is -2.47. The first kappa shape index (κ1) is 20.2. The maximum Gasteiger partial charge on any atom is 0.343 e. The Hall–Kier alpha value is -2.49. The number of amides is 2. The molecule has 10 heteroatoms. The van der Waals surface area contributed by atoms with Gasteiger partial charge in [0.2, 0.25) is 0 Å². The van der Waals surface area contributed by atoms with Crippen molar-refractivity contribution < 1.29 is 19.2 Å². The molecule has 2 amide bonds. The largest absolute Gasteiger partial charge is 0.369 e. The van der Waals surface area contributed by atoms with Crippen molar-refractivity contribution in [3.63, 3.8) is 0 Å². The average molecular weight is 393 g/mol. The molecule has 0 bridgehead atoms. The molecule has 0 spiro atoms. The van der Waals surface area contributed by atoms with Crippen LogP contribution < -0.4 is 0 Å². The van der Waals surface area contributed by atoms with Crippen LogP contribution in [-0.4, -0.2) is 74.5 Å². The van der Waals surface area contributed by atoms with Crippen LogP contribution in [0.2, 0.25) is 0 Å². The molecule has 1 aromatic rings. The third-order valence-corrected chi connectivity index (χ3v) is 5.98. The van der Waals surface area contributed by atoms with Gasteiger partial charge >= 0.3 is 11.7 Å². The van der Waals surface area contributed by atoms with Gasteiger partial charge in [-0.2, -0.15) is 0 Å². The molecule has 0 saturated carbocycles. The van der Waals surface area contributed by atoms with E-state index in [0.717, 1.165) is 19.0 Å². The van der Waals surface area contributed by atoms with Gasteiger partial charge in [-0.3, -0.25) is 9.59 Å². The SMILES string of the molecule is COC(C)(C)C(=O)N1CC[C@@H]2[C@@H](CCCN2C(=O)c2ncc([N+](=O)[O-])n2C)C1. The van der Waals surface area contributed by atoms with E-state index < -0.39 is 10.5 Å². The number of piperidine rings is 2. The van der Waals surface area contributed by atoms with Gasteiger partial charge in [-0.05, 0) is 44.0 Å². The number of carbonyl (C=O) groups is 2. The second kappa shape index (κ2) is 7.50. The minimum Gasteiger partial charge on any atom is -0.369 e. The van der Waals surface area contributed by atoms with E-state index in [1.54, 1.807) is 18.7 Å². The molecular formula is C18H27N5O5. The van der Waals surface area contributed by atoms with Crippen LogP contribution in [-0.2, 0) is 16.6 Å². The monoisotopic (exact) mass is 393 g/mol.